The fourth-order valence-corrected chi connectivity index (χ4v) is 2.70. The molecule has 1 aliphatic rings. The van der Waals surface area contributed by atoms with Gasteiger partial charge in [-0.05, 0) is 12.8 Å². The first-order chi connectivity index (χ1) is 8.53. The molecule has 0 atom stereocenters. The minimum Gasteiger partial charge on any atom is -0.341 e. The number of rotatable bonds is 4. The standard InChI is InChI=1S/C8H9ClN6O2S/c9-6-5-7(11-3-10-5)13-8(12-6)15-18(16,17)14-4-1-2-4/h3-4,14H,1-2H2,(H2,10,11,12,13,15). The van der Waals surface area contributed by atoms with Crippen molar-refractivity contribution >= 4 is 38.9 Å². The molecule has 0 saturated heterocycles. The van der Waals surface area contributed by atoms with Crippen molar-refractivity contribution in [2.75, 3.05) is 4.72 Å². The van der Waals surface area contributed by atoms with E-state index in [1.165, 1.54) is 6.33 Å². The normalized spacial score (nSPS) is 16.1. The van der Waals surface area contributed by atoms with Crippen molar-refractivity contribution in [1.82, 2.24) is 24.7 Å². The molecule has 8 nitrogen and oxygen atoms in total. The number of hydrogen-bond donors (Lipinski definition) is 3. The summed E-state index contributed by atoms with van der Waals surface area (Å²) in [5, 5.41) is 0.113. The van der Waals surface area contributed by atoms with Crippen molar-refractivity contribution < 1.29 is 8.42 Å². The van der Waals surface area contributed by atoms with E-state index < -0.39 is 10.2 Å². The van der Waals surface area contributed by atoms with Crippen molar-refractivity contribution in [1.29, 1.82) is 0 Å². The summed E-state index contributed by atoms with van der Waals surface area (Å²) in [5.74, 6) is -0.104. The van der Waals surface area contributed by atoms with Gasteiger partial charge in [0, 0.05) is 6.04 Å². The van der Waals surface area contributed by atoms with Crippen LogP contribution in [0.5, 0.6) is 0 Å². The van der Waals surface area contributed by atoms with Crippen molar-refractivity contribution in [3.63, 3.8) is 0 Å². The van der Waals surface area contributed by atoms with Crippen LogP contribution in [-0.2, 0) is 10.2 Å². The van der Waals surface area contributed by atoms with Gasteiger partial charge >= 0.3 is 10.2 Å². The molecule has 1 aliphatic carbocycles. The van der Waals surface area contributed by atoms with Gasteiger partial charge < -0.3 is 4.98 Å². The highest BCUT2D eigenvalue weighted by Gasteiger charge is 2.27. The number of hydrogen-bond acceptors (Lipinski definition) is 5. The zero-order valence-electron chi connectivity index (χ0n) is 9.01. The highest BCUT2D eigenvalue weighted by atomic mass is 35.5. The van der Waals surface area contributed by atoms with E-state index in [2.05, 4.69) is 29.4 Å². The van der Waals surface area contributed by atoms with Gasteiger partial charge in [0.2, 0.25) is 5.95 Å². The maximum atomic E-state index is 11.7. The van der Waals surface area contributed by atoms with Crippen LogP contribution < -0.4 is 9.44 Å². The lowest BCUT2D eigenvalue weighted by Crippen LogP contribution is -2.32. The van der Waals surface area contributed by atoms with E-state index in [4.69, 9.17) is 11.6 Å². The summed E-state index contributed by atoms with van der Waals surface area (Å²) in [6.45, 7) is 0. The van der Waals surface area contributed by atoms with Crippen LogP contribution in [0.25, 0.3) is 11.2 Å². The Kier molecular flexibility index (Phi) is 2.61. The molecule has 3 rings (SSSR count). The molecule has 1 fully saturated rings. The van der Waals surface area contributed by atoms with Gasteiger partial charge in [-0.1, -0.05) is 11.6 Å². The number of aromatic amines is 1. The van der Waals surface area contributed by atoms with Gasteiger partial charge in [0.15, 0.2) is 10.8 Å². The van der Waals surface area contributed by atoms with Crippen LogP contribution in [0, 0.1) is 0 Å². The van der Waals surface area contributed by atoms with Gasteiger partial charge in [0.05, 0.1) is 6.33 Å². The van der Waals surface area contributed by atoms with E-state index in [1.807, 2.05) is 0 Å². The number of anilines is 1. The molecule has 3 N–H and O–H groups in total. The zero-order valence-corrected chi connectivity index (χ0v) is 10.6. The quantitative estimate of drug-likeness (QED) is 0.706. The van der Waals surface area contributed by atoms with Crippen molar-refractivity contribution in [2.24, 2.45) is 0 Å². The molecule has 10 heteroatoms. The summed E-state index contributed by atoms with van der Waals surface area (Å²) < 4.78 is 28.0. The Morgan fingerprint density at radius 3 is 2.89 bits per heavy atom. The molecule has 18 heavy (non-hydrogen) atoms. The molecular weight excluding hydrogens is 280 g/mol. The molecule has 1 saturated carbocycles. The molecule has 2 aromatic heterocycles. The maximum absolute atomic E-state index is 11.7. The number of fused-ring (bicyclic) bond motifs is 1. The van der Waals surface area contributed by atoms with Crippen LogP contribution in [0.15, 0.2) is 6.33 Å². The second-order valence-electron chi connectivity index (χ2n) is 3.94. The lowest BCUT2D eigenvalue weighted by Gasteiger charge is -2.06. The second-order valence-corrected chi connectivity index (χ2v) is 5.74. The fraction of sp³-hybridized carbons (Fsp3) is 0.375. The molecule has 0 radical (unpaired) electrons. The van der Waals surface area contributed by atoms with Crippen LogP contribution in [-0.4, -0.2) is 34.4 Å². The first-order valence-electron chi connectivity index (χ1n) is 5.20. The largest absolute Gasteiger partial charge is 0.341 e. The Hall–Kier alpha value is -1.45. The summed E-state index contributed by atoms with van der Waals surface area (Å²) in [5.41, 5.74) is 0.772. The molecule has 0 unspecified atom stereocenters. The van der Waals surface area contributed by atoms with E-state index in [1.54, 1.807) is 0 Å². The molecule has 0 bridgehead atoms. The number of halogens is 1. The molecule has 96 valence electrons. The Balaban J connectivity index is 1.89. The molecule has 0 aliphatic heterocycles. The van der Waals surface area contributed by atoms with Crippen LogP contribution >= 0.6 is 11.6 Å². The van der Waals surface area contributed by atoms with Crippen molar-refractivity contribution in [2.45, 2.75) is 18.9 Å². The summed E-state index contributed by atoms with van der Waals surface area (Å²) in [6.07, 6.45) is 3.10. The SMILES string of the molecule is O=S(=O)(Nc1nc(Cl)c2[nH]cnc2n1)NC1CC1. The van der Waals surface area contributed by atoms with E-state index in [0.29, 0.717) is 11.2 Å². The molecule has 2 heterocycles. The highest BCUT2D eigenvalue weighted by Crippen LogP contribution is 2.21. The first kappa shape index (κ1) is 11.6. The summed E-state index contributed by atoms with van der Waals surface area (Å²) in [7, 11) is -3.66. The predicted molar refractivity (Wildman–Crippen MR) is 65.4 cm³/mol. The van der Waals surface area contributed by atoms with Gasteiger partial charge in [-0.3, -0.25) is 0 Å². The van der Waals surface area contributed by atoms with Crippen molar-refractivity contribution in [3.05, 3.63) is 11.5 Å². The number of nitrogens with one attached hydrogen (secondary N) is 3. The summed E-state index contributed by atoms with van der Waals surface area (Å²) in [4.78, 5) is 14.4. The van der Waals surface area contributed by atoms with E-state index in [0.717, 1.165) is 12.8 Å². The Labute approximate surface area is 107 Å². The first-order valence-corrected chi connectivity index (χ1v) is 7.06. The lowest BCUT2D eigenvalue weighted by atomic mass is 10.6. The Morgan fingerprint density at radius 1 is 1.39 bits per heavy atom. The predicted octanol–water partition coefficient (Wildman–Crippen LogP) is 0.415. The average molecular weight is 289 g/mol. The van der Waals surface area contributed by atoms with Gasteiger partial charge in [0.25, 0.3) is 0 Å². The third-order valence-corrected chi connectivity index (χ3v) is 3.73. The second kappa shape index (κ2) is 4.04. The van der Waals surface area contributed by atoms with Gasteiger partial charge in [-0.25, -0.2) is 9.71 Å². The van der Waals surface area contributed by atoms with Crippen LogP contribution in [0.3, 0.4) is 0 Å². The monoisotopic (exact) mass is 288 g/mol. The number of nitrogens with zero attached hydrogens (tertiary/aromatic N) is 3. The summed E-state index contributed by atoms with van der Waals surface area (Å²) in [6, 6.07) is 0.00656. The molecule has 2 aromatic rings. The third-order valence-electron chi connectivity index (χ3n) is 2.37. The van der Waals surface area contributed by atoms with Gasteiger partial charge in [-0.2, -0.15) is 23.1 Å². The summed E-state index contributed by atoms with van der Waals surface area (Å²) >= 11 is 5.87. The van der Waals surface area contributed by atoms with Crippen LogP contribution in [0.4, 0.5) is 5.95 Å². The topological polar surface area (TPSA) is 113 Å². The highest BCUT2D eigenvalue weighted by molar-refractivity contribution is 7.90. The van der Waals surface area contributed by atoms with Crippen LogP contribution in [0.1, 0.15) is 12.8 Å². The number of H-pyrrole nitrogens is 1. The maximum Gasteiger partial charge on any atom is 0.301 e. The minimum absolute atomic E-state index is 0.00656. The number of aromatic nitrogens is 4. The Morgan fingerprint density at radius 2 is 2.17 bits per heavy atom. The smallest absolute Gasteiger partial charge is 0.301 e. The molecule has 0 amide bonds. The lowest BCUT2D eigenvalue weighted by molar-refractivity contribution is 0.586. The molecule has 0 spiro atoms. The average Bonchev–Trinajstić information content (AvgIpc) is 2.92. The van der Waals surface area contributed by atoms with Gasteiger partial charge in [-0.15, -0.1) is 0 Å². The number of imidazole rings is 1. The fourth-order valence-electron chi connectivity index (χ4n) is 1.41. The van der Waals surface area contributed by atoms with E-state index in [9.17, 15) is 8.42 Å². The van der Waals surface area contributed by atoms with Gasteiger partial charge in [0.1, 0.15) is 5.52 Å². The third kappa shape index (κ3) is 2.37. The van der Waals surface area contributed by atoms with E-state index in [-0.39, 0.29) is 17.1 Å². The van der Waals surface area contributed by atoms with Crippen molar-refractivity contribution in [3.8, 4) is 0 Å². The zero-order chi connectivity index (χ0) is 12.8. The van der Waals surface area contributed by atoms with E-state index >= 15 is 0 Å². The molecular formula is C8H9ClN6O2S. The Bertz CT molecular complexity index is 695. The van der Waals surface area contributed by atoms with Crippen LogP contribution in [0.2, 0.25) is 5.15 Å². The molecule has 0 aromatic carbocycles. The minimum atomic E-state index is -3.66.